The van der Waals surface area contributed by atoms with Crippen LogP contribution in [0.2, 0.25) is 0 Å². The minimum absolute atomic E-state index is 0. The zero-order valence-electron chi connectivity index (χ0n) is 13.5. The van der Waals surface area contributed by atoms with Crippen LogP contribution in [-0.4, -0.2) is 55.3 Å². The molecule has 1 aliphatic rings. The molecular formula is C18H23ClN2O3. The number of phenolic OH excluding ortho intramolecular Hbond substituents is 1. The first-order chi connectivity index (χ1) is 11.2. The second-order valence-electron chi connectivity index (χ2n) is 5.78. The molecule has 1 heterocycles. The molecule has 0 atom stereocenters. The highest BCUT2D eigenvalue weighted by Crippen LogP contribution is 2.24. The van der Waals surface area contributed by atoms with Crippen molar-refractivity contribution < 1.29 is 14.6 Å². The van der Waals surface area contributed by atoms with E-state index in [1.807, 2.05) is 24.3 Å². The van der Waals surface area contributed by atoms with Gasteiger partial charge in [-0.2, -0.15) is 0 Å². The predicted octanol–water partition coefficient (Wildman–Crippen LogP) is 2.42. The van der Waals surface area contributed by atoms with Gasteiger partial charge in [-0.05, 0) is 35.9 Å². The van der Waals surface area contributed by atoms with Gasteiger partial charge in [0.1, 0.15) is 5.75 Å². The van der Waals surface area contributed by atoms with Gasteiger partial charge in [-0.1, -0.05) is 24.3 Å². The van der Waals surface area contributed by atoms with Crippen LogP contribution in [0.15, 0.2) is 36.4 Å². The fourth-order valence-corrected chi connectivity index (χ4v) is 2.83. The molecule has 2 aromatic carbocycles. The van der Waals surface area contributed by atoms with Crippen LogP contribution in [0.5, 0.6) is 5.75 Å². The first-order valence-corrected chi connectivity index (χ1v) is 8.04. The second-order valence-corrected chi connectivity index (χ2v) is 5.78. The summed E-state index contributed by atoms with van der Waals surface area (Å²) < 4.78 is 5.31. The second kappa shape index (κ2) is 8.87. The molecule has 6 heteroatoms. The number of fused-ring (bicyclic) bond motifs is 1. The zero-order valence-corrected chi connectivity index (χ0v) is 14.3. The normalized spacial score (nSPS) is 15.0. The van der Waals surface area contributed by atoms with Crippen LogP contribution in [0, 0.1) is 0 Å². The van der Waals surface area contributed by atoms with E-state index in [4.69, 9.17) is 4.74 Å². The Kier molecular flexibility index (Phi) is 6.85. The van der Waals surface area contributed by atoms with Crippen molar-refractivity contribution >= 4 is 29.1 Å². The van der Waals surface area contributed by atoms with Gasteiger partial charge in [0.05, 0.1) is 18.8 Å². The predicted molar refractivity (Wildman–Crippen MR) is 97.1 cm³/mol. The molecule has 0 bridgehead atoms. The van der Waals surface area contributed by atoms with Crippen molar-refractivity contribution in [3.63, 3.8) is 0 Å². The van der Waals surface area contributed by atoms with Gasteiger partial charge in [0.15, 0.2) is 0 Å². The third kappa shape index (κ3) is 4.60. The average molecular weight is 351 g/mol. The Labute approximate surface area is 148 Å². The number of carbonyl (C=O) groups excluding carboxylic acids is 1. The van der Waals surface area contributed by atoms with Crippen molar-refractivity contribution in [2.75, 3.05) is 39.4 Å². The SMILES string of the molecule is Cl.O=C(NCCCN1CCOCC1)c1cc2ccccc2cc1O. The van der Waals surface area contributed by atoms with Gasteiger partial charge in [0, 0.05) is 19.6 Å². The molecule has 130 valence electrons. The van der Waals surface area contributed by atoms with Gasteiger partial charge in [-0.3, -0.25) is 9.69 Å². The maximum Gasteiger partial charge on any atom is 0.255 e. The number of halogens is 1. The van der Waals surface area contributed by atoms with Crippen LogP contribution in [0.25, 0.3) is 10.8 Å². The zero-order chi connectivity index (χ0) is 16.1. The molecule has 0 saturated carbocycles. The molecule has 2 N–H and O–H groups in total. The summed E-state index contributed by atoms with van der Waals surface area (Å²) in [5, 5.41) is 14.8. The Hall–Kier alpha value is -1.82. The Morgan fingerprint density at radius 1 is 1.17 bits per heavy atom. The fourth-order valence-electron chi connectivity index (χ4n) is 2.83. The van der Waals surface area contributed by atoms with Gasteiger partial charge in [-0.15, -0.1) is 12.4 Å². The molecular weight excluding hydrogens is 328 g/mol. The summed E-state index contributed by atoms with van der Waals surface area (Å²) in [6, 6.07) is 11.1. The van der Waals surface area contributed by atoms with Gasteiger partial charge >= 0.3 is 0 Å². The van der Waals surface area contributed by atoms with Crippen molar-refractivity contribution in [1.29, 1.82) is 0 Å². The van der Waals surface area contributed by atoms with Gasteiger partial charge < -0.3 is 15.2 Å². The van der Waals surface area contributed by atoms with Crippen LogP contribution in [0.1, 0.15) is 16.8 Å². The Bertz CT molecular complexity index is 687. The molecule has 0 aliphatic carbocycles. The van der Waals surface area contributed by atoms with Crippen molar-refractivity contribution in [2.24, 2.45) is 0 Å². The largest absolute Gasteiger partial charge is 0.507 e. The summed E-state index contributed by atoms with van der Waals surface area (Å²) >= 11 is 0. The van der Waals surface area contributed by atoms with Gasteiger partial charge in [-0.25, -0.2) is 0 Å². The summed E-state index contributed by atoms with van der Waals surface area (Å²) in [6.45, 7) is 5.04. The molecule has 1 amide bonds. The number of ether oxygens (including phenoxy) is 1. The first-order valence-electron chi connectivity index (χ1n) is 8.04. The first kappa shape index (κ1) is 18.5. The topological polar surface area (TPSA) is 61.8 Å². The molecule has 1 fully saturated rings. The van der Waals surface area contributed by atoms with E-state index in [1.165, 1.54) is 0 Å². The quantitative estimate of drug-likeness (QED) is 0.813. The molecule has 2 aromatic rings. The van der Waals surface area contributed by atoms with Gasteiger partial charge in [0.25, 0.3) is 5.91 Å². The van der Waals surface area contributed by atoms with Crippen LogP contribution in [-0.2, 0) is 4.74 Å². The Balaban J connectivity index is 0.00000208. The average Bonchev–Trinajstić information content (AvgIpc) is 2.59. The minimum Gasteiger partial charge on any atom is -0.507 e. The van der Waals surface area contributed by atoms with E-state index in [9.17, 15) is 9.90 Å². The Morgan fingerprint density at radius 2 is 1.83 bits per heavy atom. The lowest BCUT2D eigenvalue weighted by Gasteiger charge is -2.26. The van der Waals surface area contributed by atoms with E-state index in [2.05, 4.69) is 10.2 Å². The highest BCUT2D eigenvalue weighted by molar-refractivity contribution is 6.01. The monoisotopic (exact) mass is 350 g/mol. The summed E-state index contributed by atoms with van der Waals surface area (Å²) in [6.07, 6.45) is 0.889. The number of phenols is 1. The summed E-state index contributed by atoms with van der Waals surface area (Å²) in [5.74, 6) is -0.204. The number of rotatable bonds is 5. The number of hydrogen-bond acceptors (Lipinski definition) is 4. The van der Waals surface area contributed by atoms with E-state index in [0.717, 1.165) is 50.0 Å². The fraction of sp³-hybridized carbons (Fsp3) is 0.389. The Morgan fingerprint density at radius 3 is 2.54 bits per heavy atom. The van der Waals surface area contributed by atoms with E-state index in [0.29, 0.717) is 12.1 Å². The maximum atomic E-state index is 12.3. The van der Waals surface area contributed by atoms with E-state index in [-0.39, 0.29) is 24.1 Å². The summed E-state index contributed by atoms with van der Waals surface area (Å²) in [4.78, 5) is 14.6. The highest BCUT2D eigenvalue weighted by atomic mass is 35.5. The third-order valence-corrected chi connectivity index (χ3v) is 4.15. The van der Waals surface area contributed by atoms with Crippen molar-refractivity contribution in [3.8, 4) is 5.75 Å². The van der Waals surface area contributed by atoms with Gasteiger partial charge in [0.2, 0.25) is 0 Å². The highest BCUT2D eigenvalue weighted by Gasteiger charge is 2.13. The number of nitrogens with one attached hydrogen (secondary N) is 1. The van der Waals surface area contributed by atoms with E-state index >= 15 is 0 Å². The van der Waals surface area contributed by atoms with Crippen LogP contribution in [0.3, 0.4) is 0 Å². The molecule has 3 rings (SSSR count). The number of amides is 1. The molecule has 1 saturated heterocycles. The molecule has 0 spiro atoms. The van der Waals surface area contributed by atoms with Crippen molar-refractivity contribution in [3.05, 3.63) is 42.0 Å². The standard InChI is InChI=1S/C18H22N2O3.ClH/c21-17-13-15-5-2-1-4-14(15)12-16(17)18(22)19-6-3-7-20-8-10-23-11-9-20;/h1-2,4-5,12-13,21H,3,6-11H2,(H,19,22);1H. The number of carbonyl (C=O) groups is 1. The number of benzene rings is 2. The third-order valence-electron chi connectivity index (χ3n) is 4.15. The molecule has 0 aromatic heterocycles. The molecule has 0 radical (unpaired) electrons. The number of aromatic hydroxyl groups is 1. The van der Waals surface area contributed by atoms with Crippen LogP contribution in [0.4, 0.5) is 0 Å². The molecule has 24 heavy (non-hydrogen) atoms. The van der Waals surface area contributed by atoms with Crippen LogP contribution < -0.4 is 5.32 Å². The minimum atomic E-state index is -0.227. The number of hydrogen-bond donors (Lipinski definition) is 2. The lowest BCUT2D eigenvalue weighted by Crippen LogP contribution is -2.38. The van der Waals surface area contributed by atoms with Crippen LogP contribution >= 0.6 is 12.4 Å². The smallest absolute Gasteiger partial charge is 0.255 e. The summed E-state index contributed by atoms with van der Waals surface area (Å²) in [7, 11) is 0. The number of morpholine rings is 1. The molecule has 5 nitrogen and oxygen atoms in total. The molecule has 1 aliphatic heterocycles. The maximum absolute atomic E-state index is 12.3. The lowest BCUT2D eigenvalue weighted by atomic mass is 10.1. The molecule has 0 unspecified atom stereocenters. The lowest BCUT2D eigenvalue weighted by molar-refractivity contribution is 0.0374. The van der Waals surface area contributed by atoms with E-state index < -0.39 is 0 Å². The van der Waals surface area contributed by atoms with E-state index in [1.54, 1.807) is 12.1 Å². The van der Waals surface area contributed by atoms with Crippen molar-refractivity contribution in [1.82, 2.24) is 10.2 Å². The summed E-state index contributed by atoms with van der Waals surface area (Å²) in [5.41, 5.74) is 0.329. The number of nitrogens with zero attached hydrogens (tertiary/aromatic N) is 1. The van der Waals surface area contributed by atoms with Crippen molar-refractivity contribution in [2.45, 2.75) is 6.42 Å².